The smallest absolute Gasteiger partial charge is 0.217 e. The molecule has 1 aromatic carbocycles. The molecule has 0 aromatic heterocycles. The zero-order chi connectivity index (χ0) is 13.3. The number of rotatable bonds is 3. The number of ether oxygens (including phenoxy) is 1. The molecule has 1 heterocycles. The number of hydrogen-bond donors (Lipinski definition) is 0. The van der Waals surface area contributed by atoms with Gasteiger partial charge in [-0.25, -0.2) is 0 Å². The second-order valence-corrected chi connectivity index (χ2v) is 5.13. The summed E-state index contributed by atoms with van der Waals surface area (Å²) in [5.74, 6) is 0.565. The quantitative estimate of drug-likeness (QED) is 0.798. The highest BCUT2D eigenvalue weighted by atomic mass is 35.5. The Labute approximate surface area is 121 Å². The molecule has 2 unspecified atom stereocenters. The molecule has 2 rings (SSSR count). The van der Waals surface area contributed by atoms with Crippen LogP contribution in [0.3, 0.4) is 0 Å². The molecule has 0 amide bonds. The number of azo groups is 1. The van der Waals surface area contributed by atoms with E-state index < -0.39 is 0 Å². The topological polar surface area (TPSA) is 37.2 Å². The minimum atomic E-state index is -0.232. The van der Waals surface area contributed by atoms with Crippen LogP contribution in [-0.2, 0) is 0 Å². The van der Waals surface area contributed by atoms with Crippen LogP contribution in [0.4, 0.5) is 0 Å². The molecule has 0 saturated carbocycles. The van der Waals surface area contributed by atoms with Crippen LogP contribution in [0.5, 0.6) is 5.75 Å². The van der Waals surface area contributed by atoms with Gasteiger partial charge >= 0.3 is 0 Å². The molecule has 0 N–H and O–H groups in total. The molecule has 0 bridgehead atoms. The molecule has 96 valence electrons. The molecule has 18 heavy (non-hydrogen) atoms. The molecule has 4 nitrogen and oxygen atoms in total. The average Bonchev–Trinajstić information content (AvgIpc) is 2.64. The number of hydrogen-bond acceptors (Lipinski definition) is 3. The highest BCUT2D eigenvalue weighted by Crippen LogP contribution is 2.29. The predicted octanol–water partition coefficient (Wildman–Crippen LogP) is 3.77. The van der Waals surface area contributed by atoms with E-state index in [4.69, 9.17) is 40.2 Å². The summed E-state index contributed by atoms with van der Waals surface area (Å²) in [4.78, 5) is 1.78. The van der Waals surface area contributed by atoms with E-state index >= 15 is 0 Å². The number of likely N-dealkylation sites (N-methyl/N-ethyl adjacent to an activating group) is 1. The van der Waals surface area contributed by atoms with Crippen molar-refractivity contribution >= 4 is 40.5 Å². The van der Waals surface area contributed by atoms with E-state index in [0.29, 0.717) is 20.9 Å². The maximum atomic E-state index is 6.04. The van der Waals surface area contributed by atoms with Crippen molar-refractivity contribution in [1.82, 2.24) is 4.90 Å². The summed E-state index contributed by atoms with van der Waals surface area (Å²) in [5.41, 5.74) is 0. The molecular formula is C11H11Cl2N3OS. The molecule has 0 radical (unpaired) electrons. The van der Waals surface area contributed by atoms with Crippen LogP contribution in [-0.4, -0.2) is 29.3 Å². The Kier molecular flexibility index (Phi) is 4.04. The Morgan fingerprint density at radius 3 is 2.72 bits per heavy atom. The van der Waals surface area contributed by atoms with Crippen molar-refractivity contribution in [2.24, 2.45) is 10.2 Å². The molecular weight excluding hydrogens is 293 g/mol. The number of benzene rings is 1. The van der Waals surface area contributed by atoms with Gasteiger partial charge < -0.3 is 9.64 Å². The van der Waals surface area contributed by atoms with Crippen LogP contribution >= 0.6 is 35.4 Å². The van der Waals surface area contributed by atoms with Gasteiger partial charge in [-0.3, -0.25) is 0 Å². The molecule has 1 aliphatic rings. The van der Waals surface area contributed by atoms with Gasteiger partial charge in [-0.1, -0.05) is 23.2 Å². The molecule has 1 aromatic rings. The van der Waals surface area contributed by atoms with Crippen molar-refractivity contribution in [3.8, 4) is 5.75 Å². The van der Waals surface area contributed by atoms with Crippen molar-refractivity contribution in [2.75, 3.05) is 7.05 Å². The molecule has 1 aliphatic heterocycles. The van der Waals surface area contributed by atoms with E-state index in [1.165, 1.54) is 0 Å². The Hall–Kier alpha value is -0.910. The van der Waals surface area contributed by atoms with E-state index in [1.807, 2.05) is 14.0 Å². The predicted molar refractivity (Wildman–Crippen MR) is 75.6 cm³/mol. The molecule has 2 atom stereocenters. The third-order valence-electron chi connectivity index (χ3n) is 2.59. The van der Waals surface area contributed by atoms with E-state index in [1.54, 1.807) is 23.1 Å². The summed E-state index contributed by atoms with van der Waals surface area (Å²) < 4.78 is 5.76. The first-order valence-electron chi connectivity index (χ1n) is 5.28. The van der Waals surface area contributed by atoms with E-state index in [2.05, 4.69) is 10.2 Å². The minimum absolute atomic E-state index is 0.224. The number of thiocarbonyl (C=S) groups is 1. The fourth-order valence-electron chi connectivity index (χ4n) is 1.61. The Bertz CT molecular complexity index is 509. The third-order valence-corrected chi connectivity index (χ3v) is 3.49. The Morgan fingerprint density at radius 2 is 2.17 bits per heavy atom. The molecule has 0 saturated heterocycles. The van der Waals surface area contributed by atoms with Gasteiger partial charge in [0.05, 0.1) is 5.02 Å². The highest BCUT2D eigenvalue weighted by Gasteiger charge is 2.29. The van der Waals surface area contributed by atoms with Crippen LogP contribution in [0, 0.1) is 0 Å². The van der Waals surface area contributed by atoms with E-state index in [9.17, 15) is 0 Å². The van der Waals surface area contributed by atoms with Crippen molar-refractivity contribution in [1.29, 1.82) is 0 Å². The SMILES string of the molecule is CC(Oc1ccc(Cl)cc1Cl)C1N=NC(=S)N1C. The fraction of sp³-hybridized carbons (Fsp3) is 0.364. The zero-order valence-corrected chi connectivity index (χ0v) is 12.1. The van der Waals surface area contributed by atoms with Gasteiger partial charge in [0, 0.05) is 12.1 Å². The van der Waals surface area contributed by atoms with Crippen LogP contribution in [0.25, 0.3) is 0 Å². The van der Waals surface area contributed by atoms with Gasteiger partial charge in [-0.05, 0) is 37.3 Å². The van der Waals surface area contributed by atoms with Crippen molar-refractivity contribution in [3.63, 3.8) is 0 Å². The lowest BCUT2D eigenvalue weighted by molar-refractivity contribution is 0.142. The van der Waals surface area contributed by atoms with Crippen LogP contribution in [0.15, 0.2) is 28.4 Å². The lowest BCUT2D eigenvalue weighted by Crippen LogP contribution is -2.39. The van der Waals surface area contributed by atoms with Gasteiger partial charge in [0.25, 0.3) is 0 Å². The first-order chi connectivity index (χ1) is 8.49. The molecule has 7 heteroatoms. The molecule has 0 spiro atoms. The number of nitrogens with zero attached hydrogens (tertiary/aromatic N) is 3. The summed E-state index contributed by atoms with van der Waals surface area (Å²) in [6, 6.07) is 5.08. The van der Waals surface area contributed by atoms with Crippen LogP contribution in [0.2, 0.25) is 10.0 Å². The highest BCUT2D eigenvalue weighted by molar-refractivity contribution is 7.80. The first kappa shape index (κ1) is 13.5. The van der Waals surface area contributed by atoms with Gasteiger partial charge in [-0.15, -0.1) is 5.11 Å². The van der Waals surface area contributed by atoms with E-state index in [-0.39, 0.29) is 12.3 Å². The summed E-state index contributed by atoms with van der Waals surface area (Å²) in [5, 5.41) is 9.39. The van der Waals surface area contributed by atoms with Gasteiger partial charge in [0.1, 0.15) is 11.9 Å². The van der Waals surface area contributed by atoms with Crippen molar-refractivity contribution in [3.05, 3.63) is 28.2 Å². The Morgan fingerprint density at radius 1 is 1.44 bits per heavy atom. The lowest BCUT2D eigenvalue weighted by atomic mass is 10.3. The first-order valence-corrected chi connectivity index (χ1v) is 6.45. The summed E-state index contributed by atoms with van der Waals surface area (Å²) >= 11 is 16.9. The van der Waals surface area contributed by atoms with Gasteiger partial charge in [-0.2, -0.15) is 5.11 Å². The number of halogens is 2. The average molecular weight is 304 g/mol. The largest absolute Gasteiger partial charge is 0.485 e. The van der Waals surface area contributed by atoms with Gasteiger partial charge in [0.2, 0.25) is 5.11 Å². The summed E-state index contributed by atoms with van der Waals surface area (Å²) in [6.45, 7) is 1.89. The monoisotopic (exact) mass is 303 g/mol. The van der Waals surface area contributed by atoms with Crippen molar-refractivity contribution in [2.45, 2.75) is 19.2 Å². The standard InChI is InChI=1S/C11H11Cl2N3OS/c1-6(10-14-15-11(18)16(10)2)17-9-4-3-7(12)5-8(9)13/h3-6,10H,1-2H3. The second-order valence-electron chi connectivity index (χ2n) is 3.92. The van der Waals surface area contributed by atoms with Crippen LogP contribution in [0.1, 0.15) is 6.92 Å². The third kappa shape index (κ3) is 2.74. The summed E-state index contributed by atoms with van der Waals surface area (Å²) in [7, 11) is 1.83. The van der Waals surface area contributed by atoms with Crippen molar-refractivity contribution < 1.29 is 4.74 Å². The maximum Gasteiger partial charge on any atom is 0.217 e. The van der Waals surface area contributed by atoms with E-state index in [0.717, 1.165) is 0 Å². The fourth-order valence-corrected chi connectivity index (χ4v) is 2.22. The second kappa shape index (κ2) is 5.38. The lowest BCUT2D eigenvalue weighted by Gasteiger charge is -2.24. The normalized spacial score (nSPS) is 20.3. The Balaban J connectivity index is 2.10. The maximum absolute atomic E-state index is 6.04. The van der Waals surface area contributed by atoms with Gasteiger partial charge in [0.15, 0.2) is 6.17 Å². The molecule has 0 fully saturated rings. The molecule has 0 aliphatic carbocycles. The minimum Gasteiger partial charge on any atom is -0.485 e. The zero-order valence-electron chi connectivity index (χ0n) is 9.80. The van der Waals surface area contributed by atoms with Crippen LogP contribution < -0.4 is 4.74 Å². The summed E-state index contributed by atoms with van der Waals surface area (Å²) in [6.07, 6.45) is -0.456.